The first-order chi connectivity index (χ1) is 12.1. The number of nitrogens with zero attached hydrogens (tertiary/aromatic N) is 3. The number of nitrogens with one attached hydrogen (secondary N) is 1. The van der Waals surface area contributed by atoms with Crippen LogP contribution >= 0.6 is 11.8 Å². The number of aromatic nitrogens is 3. The van der Waals surface area contributed by atoms with E-state index in [9.17, 15) is 4.79 Å². The second-order valence-corrected chi connectivity index (χ2v) is 6.63. The molecule has 0 saturated carbocycles. The van der Waals surface area contributed by atoms with Crippen LogP contribution in [0.4, 0.5) is 5.69 Å². The standard InChI is InChI=1S/C17H18N4O3S/c1-11(16(22)18-12-6-8-13(23-3)9-7-12)25-17-20-19-15(21(17)2)14-5-4-10-24-14/h4-11H,1-3H3,(H,18,22). The number of amides is 1. The zero-order chi connectivity index (χ0) is 17.8. The van der Waals surface area contributed by atoms with Gasteiger partial charge in [0.05, 0.1) is 18.6 Å². The van der Waals surface area contributed by atoms with Gasteiger partial charge in [-0.25, -0.2) is 0 Å². The van der Waals surface area contributed by atoms with Crippen molar-refractivity contribution in [2.45, 2.75) is 17.3 Å². The molecule has 25 heavy (non-hydrogen) atoms. The van der Waals surface area contributed by atoms with Crippen molar-refractivity contribution in [3.63, 3.8) is 0 Å². The average Bonchev–Trinajstić information content (AvgIpc) is 3.26. The van der Waals surface area contributed by atoms with Crippen LogP contribution in [0.5, 0.6) is 5.75 Å². The normalized spacial score (nSPS) is 12.0. The Morgan fingerprint density at radius 2 is 2.04 bits per heavy atom. The minimum Gasteiger partial charge on any atom is -0.497 e. The highest BCUT2D eigenvalue weighted by atomic mass is 32.2. The Labute approximate surface area is 149 Å². The van der Waals surface area contributed by atoms with Crippen LogP contribution in [-0.2, 0) is 11.8 Å². The van der Waals surface area contributed by atoms with Crippen molar-refractivity contribution in [3.05, 3.63) is 42.7 Å². The maximum absolute atomic E-state index is 12.4. The average molecular weight is 358 g/mol. The van der Waals surface area contributed by atoms with Gasteiger partial charge < -0.3 is 19.0 Å². The quantitative estimate of drug-likeness (QED) is 0.682. The van der Waals surface area contributed by atoms with Crippen molar-refractivity contribution < 1.29 is 13.9 Å². The van der Waals surface area contributed by atoms with E-state index in [1.54, 1.807) is 48.3 Å². The van der Waals surface area contributed by atoms with E-state index in [2.05, 4.69) is 15.5 Å². The highest BCUT2D eigenvalue weighted by Gasteiger charge is 2.20. The molecule has 2 heterocycles. The predicted octanol–water partition coefficient (Wildman–Crippen LogP) is 3.20. The maximum atomic E-state index is 12.4. The molecule has 1 unspecified atom stereocenters. The number of furan rings is 1. The summed E-state index contributed by atoms with van der Waals surface area (Å²) >= 11 is 1.33. The summed E-state index contributed by atoms with van der Waals surface area (Å²) in [6.07, 6.45) is 1.59. The molecule has 0 radical (unpaired) electrons. The van der Waals surface area contributed by atoms with Crippen molar-refractivity contribution in [1.29, 1.82) is 0 Å². The van der Waals surface area contributed by atoms with Crippen LogP contribution in [0.2, 0.25) is 0 Å². The van der Waals surface area contributed by atoms with E-state index in [-0.39, 0.29) is 11.2 Å². The third-order valence-corrected chi connectivity index (χ3v) is 4.72. The van der Waals surface area contributed by atoms with Crippen LogP contribution in [0.1, 0.15) is 6.92 Å². The Morgan fingerprint density at radius 1 is 1.28 bits per heavy atom. The largest absolute Gasteiger partial charge is 0.497 e. The second-order valence-electron chi connectivity index (χ2n) is 5.32. The Hall–Kier alpha value is -2.74. The molecule has 0 bridgehead atoms. The molecular formula is C17H18N4O3S. The summed E-state index contributed by atoms with van der Waals surface area (Å²) in [4.78, 5) is 12.4. The smallest absolute Gasteiger partial charge is 0.237 e. The Kier molecular flexibility index (Phi) is 5.08. The van der Waals surface area contributed by atoms with Gasteiger partial charge >= 0.3 is 0 Å². The first-order valence-corrected chi connectivity index (χ1v) is 8.51. The molecule has 8 heteroatoms. The predicted molar refractivity (Wildman–Crippen MR) is 95.6 cm³/mol. The monoisotopic (exact) mass is 358 g/mol. The summed E-state index contributed by atoms with van der Waals surface area (Å²) < 4.78 is 12.3. The molecule has 2 aromatic heterocycles. The van der Waals surface area contributed by atoms with Crippen LogP contribution in [0.3, 0.4) is 0 Å². The zero-order valence-electron chi connectivity index (χ0n) is 14.1. The lowest BCUT2D eigenvalue weighted by Gasteiger charge is -2.12. The molecule has 0 aliphatic heterocycles. The van der Waals surface area contributed by atoms with E-state index in [0.29, 0.717) is 22.4 Å². The highest BCUT2D eigenvalue weighted by molar-refractivity contribution is 8.00. The number of hydrogen-bond donors (Lipinski definition) is 1. The topological polar surface area (TPSA) is 82.2 Å². The Bertz CT molecular complexity index is 843. The number of carbonyl (C=O) groups excluding carboxylic acids is 1. The van der Waals surface area contributed by atoms with Gasteiger partial charge in [-0.1, -0.05) is 11.8 Å². The number of rotatable bonds is 6. The van der Waals surface area contributed by atoms with Crippen molar-refractivity contribution in [3.8, 4) is 17.3 Å². The Morgan fingerprint density at radius 3 is 2.68 bits per heavy atom. The molecule has 1 N–H and O–H groups in total. The summed E-state index contributed by atoms with van der Waals surface area (Å²) in [6.45, 7) is 1.82. The minimum atomic E-state index is -0.338. The maximum Gasteiger partial charge on any atom is 0.237 e. The van der Waals surface area contributed by atoms with Gasteiger partial charge in [-0.3, -0.25) is 4.79 Å². The minimum absolute atomic E-state index is 0.113. The van der Waals surface area contributed by atoms with E-state index in [4.69, 9.17) is 9.15 Å². The number of ether oxygens (including phenoxy) is 1. The molecule has 0 aliphatic rings. The van der Waals surface area contributed by atoms with Gasteiger partial charge in [0, 0.05) is 12.7 Å². The molecule has 3 aromatic rings. The summed E-state index contributed by atoms with van der Waals surface area (Å²) in [7, 11) is 3.44. The molecule has 3 rings (SSSR count). The lowest BCUT2D eigenvalue weighted by atomic mass is 10.3. The first-order valence-electron chi connectivity index (χ1n) is 7.63. The molecule has 0 aliphatic carbocycles. The number of anilines is 1. The molecule has 0 fully saturated rings. The third kappa shape index (κ3) is 3.85. The lowest BCUT2D eigenvalue weighted by molar-refractivity contribution is -0.115. The van der Waals surface area contributed by atoms with Crippen LogP contribution in [0.25, 0.3) is 11.6 Å². The zero-order valence-corrected chi connectivity index (χ0v) is 14.9. The van der Waals surface area contributed by atoms with Crippen LogP contribution < -0.4 is 10.1 Å². The van der Waals surface area contributed by atoms with Gasteiger partial charge in [-0.05, 0) is 43.3 Å². The molecule has 1 atom stereocenters. The SMILES string of the molecule is COc1ccc(NC(=O)C(C)Sc2nnc(-c3ccco3)n2C)cc1. The van der Waals surface area contributed by atoms with Crippen molar-refractivity contribution in [2.75, 3.05) is 12.4 Å². The van der Waals surface area contributed by atoms with Gasteiger partial charge in [0.25, 0.3) is 0 Å². The summed E-state index contributed by atoms with van der Waals surface area (Å²) in [6, 6.07) is 10.8. The van der Waals surface area contributed by atoms with E-state index in [1.165, 1.54) is 11.8 Å². The van der Waals surface area contributed by atoms with Crippen LogP contribution in [-0.4, -0.2) is 33.0 Å². The van der Waals surface area contributed by atoms with E-state index >= 15 is 0 Å². The summed E-state index contributed by atoms with van der Waals surface area (Å²) in [5, 5.41) is 11.4. The number of hydrogen-bond acceptors (Lipinski definition) is 6. The molecule has 7 nitrogen and oxygen atoms in total. The van der Waals surface area contributed by atoms with Gasteiger partial charge in [0.1, 0.15) is 5.75 Å². The first kappa shape index (κ1) is 17.1. The van der Waals surface area contributed by atoms with Gasteiger partial charge in [0.15, 0.2) is 16.7 Å². The van der Waals surface area contributed by atoms with E-state index in [1.807, 2.05) is 20.0 Å². The number of carbonyl (C=O) groups is 1. The lowest BCUT2D eigenvalue weighted by Crippen LogP contribution is -2.22. The highest BCUT2D eigenvalue weighted by Crippen LogP contribution is 2.26. The fourth-order valence-corrected chi connectivity index (χ4v) is 2.98. The molecule has 0 saturated heterocycles. The summed E-state index contributed by atoms with van der Waals surface area (Å²) in [5.41, 5.74) is 0.715. The van der Waals surface area contributed by atoms with E-state index < -0.39 is 0 Å². The third-order valence-electron chi connectivity index (χ3n) is 3.59. The molecule has 1 amide bonds. The fourth-order valence-electron chi connectivity index (χ4n) is 2.17. The number of methoxy groups -OCH3 is 1. The van der Waals surface area contributed by atoms with Gasteiger partial charge in [-0.2, -0.15) is 0 Å². The molecular weight excluding hydrogens is 340 g/mol. The molecule has 0 spiro atoms. The number of thioether (sulfide) groups is 1. The summed E-state index contributed by atoms with van der Waals surface area (Å²) in [5.74, 6) is 1.88. The van der Waals surface area contributed by atoms with Gasteiger partial charge in [0.2, 0.25) is 5.91 Å². The Balaban J connectivity index is 1.65. The fraction of sp³-hybridized carbons (Fsp3) is 0.235. The van der Waals surface area contributed by atoms with E-state index in [0.717, 1.165) is 5.75 Å². The molecule has 1 aromatic carbocycles. The van der Waals surface area contributed by atoms with Gasteiger partial charge in [-0.15, -0.1) is 10.2 Å². The van der Waals surface area contributed by atoms with Crippen LogP contribution in [0.15, 0.2) is 52.2 Å². The van der Waals surface area contributed by atoms with Crippen molar-refractivity contribution in [1.82, 2.24) is 14.8 Å². The number of benzene rings is 1. The van der Waals surface area contributed by atoms with Crippen molar-refractivity contribution >= 4 is 23.4 Å². The van der Waals surface area contributed by atoms with Crippen molar-refractivity contribution in [2.24, 2.45) is 7.05 Å². The molecule has 130 valence electrons. The van der Waals surface area contributed by atoms with Crippen LogP contribution in [0, 0.1) is 0 Å². The second kappa shape index (κ2) is 7.43.